The third-order valence-electron chi connectivity index (χ3n) is 2.61. The van der Waals surface area contributed by atoms with E-state index in [0.29, 0.717) is 6.10 Å². The van der Waals surface area contributed by atoms with Crippen LogP contribution in [0.4, 0.5) is 0 Å². The first kappa shape index (κ1) is 14.2. The molecule has 1 heterocycles. The van der Waals surface area contributed by atoms with Gasteiger partial charge < -0.3 is 22.0 Å². The summed E-state index contributed by atoms with van der Waals surface area (Å²) in [4.78, 5) is 1.58. The summed E-state index contributed by atoms with van der Waals surface area (Å²) in [6, 6.07) is 0. The molecule has 86 valence electrons. The Bertz CT molecular complexity index is 120. The molecule has 1 N–H and O–H groups in total. The predicted molar refractivity (Wildman–Crippen MR) is 55.1 cm³/mol. The number of halogens is 1. The van der Waals surface area contributed by atoms with Crippen LogP contribution in [0.15, 0.2) is 0 Å². The second-order valence-corrected chi connectivity index (χ2v) is 4.47. The van der Waals surface area contributed by atoms with Gasteiger partial charge in [0.05, 0.1) is 33.4 Å². The highest BCUT2D eigenvalue weighted by Gasteiger charge is 2.20. The molecule has 0 aromatic carbocycles. The highest BCUT2D eigenvalue weighted by Crippen LogP contribution is 2.17. The van der Waals surface area contributed by atoms with E-state index >= 15 is 0 Å². The first-order chi connectivity index (χ1) is 6.29. The van der Waals surface area contributed by atoms with Crippen molar-refractivity contribution in [2.24, 2.45) is 0 Å². The van der Waals surface area contributed by atoms with Crippen LogP contribution >= 0.6 is 0 Å². The SMILES string of the molecule is C[NH+](C)CCCCCCCC1CO1.[Cl-]. The third-order valence-corrected chi connectivity index (χ3v) is 2.61. The lowest BCUT2D eigenvalue weighted by molar-refractivity contribution is -0.858. The van der Waals surface area contributed by atoms with Gasteiger partial charge in [-0.3, -0.25) is 0 Å². The van der Waals surface area contributed by atoms with Crippen molar-refractivity contribution < 1.29 is 22.0 Å². The zero-order chi connectivity index (χ0) is 9.52. The number of hydrogen-bond acceptors (Lipinski definition) is 1. The first-order valence-electron chi connectivity index (χ1n) is 5.69. The number of quaternary nitrogens is 1. The number of ether oxygens (including phenoxy) is 1. The van der Waals surface area contributed by atoms with Crippen molar-refractivity contribution in [2.45, 2.75) is 44.6 Å². The highest BCUT2D eigenvalue weighted by molar-refractivity contribution is 4.68. The monoisotopic (exact) mass is 221 g/mol. The van der Waals surface area contributed by atoms with E-state index in [2.05, 4.69) is 14.1 Å². The van der Waals surface area contributed by atoms with Gasteiger partial charge in [0.2, 0.25) is 0 Å². The van der Waals surface area contributed by atoms with Crippen LogP contribution in [0.25, 0.3) is 0 Å². The molecule has 0 saturated carbocycles. The van der Waals surface area contributed by atoms with Crippen LogP contribution in [-0.4, -0.2) is 33.4 Å². The summed E-state index contributed by atoms with van der Waals surface area (Å²) < 4.78 is 5.16. The van der Waals surface area contributed by atoms with Crippen LogP contribution in [0.3, 0.4) is 0 Å². The Labute approximate surface area is 94.4 Å². The maximum Gasteiger partial charge on any atom is 0.0810 e. The van der Waals surface area contributed by atoms with E-state index in [-0.39, 0.29) is 12.4 Å². The molecule has 1 fully saturated rings. The molecule has 0 spiro atoms. The lowest BCUT2D eigenvalue weighted by atomic mass is 10.1. The lowest BCUT2D eigenvalue weighted by Gasteiger charge is -2.06. The molecule has 3 heteroatoms. The van der Waals surface area contributed by atoms with E-state index in [0.717, 1.165) is 6.61 Å². The molecular weight excluding hydrogens is 198 g/mol. The topological polar surface area (TPSA) is 17.0 Å². The molecule has 1 saturated heterocycles. The van der Waals surface area contributed by atoms with E-state index in [9.17, 15) is 0 Å². The van der Waals surface area contributed by atoms with Gasteiger partial charge in [0.1, 0.15) is 0 Å². The fourth-order valence-electron chi connectivity index (χ4n) is 1.62. The molecule has 14 heavy (non-hydrogen) atoms. The second kappa shape index (κ2) is 8.51. The average molecular weight is 222 g/mol. The largest absolute Gasteiger partial charge is 1.00 e. The Balaban J connectivity index is 0.00000169. The van der Waals surface area contributed by atoms with Gasteiger partial charge in [0.25, 0.3) is 0 Å². The predicted octanol–water partition coefficient (Wildman–Crippen LogP) is -2.13. The van der Waals surface area contributed by atoms with Gasteiger partial charge in [-0.25, -0.2) is 0 Å². The fourth-order valence-corrected chi connectivity index (χ4v) is 1.62. The summed E-state index contributed by atoms with van der Waals surface area (Å²) in [7, 11) is 4.45. The maximum atomic E-state index is 5.16. The zero-order valence-electron chi connectivity index (χ0n) is 9.52. The molecule has 1 aliphatic heterocycles. The molecule has 0 amide bonds. The molecular formula is C11H24ClNO. The Morgan fingerprint density at radius 2 is 1.64 bits per heavy atom. The number of rotatable bonds is 8. The minimum atomic E-state index is 0. The Kier molecular flexibility index (Phi) is 8.64. The Morgan fingerprint density at radius 1 is 1.07 bits per heavy atom. The molecule has 0 radical (unpaired) electrons. The van der Waals surface area contributed by atoms with E-state index in [1.807, 2.05) is 0 Å². The molecule has 1 rings (SSSR count). The standard InChI is InChI=1S/C11H23NO.ClH/c1-12(2)9-7-5-3-4-6-8-11-10-13-11;/h11H,3-10H2,1-2H3;1H. The van der Waals surface area contributed by atoms with Crippen molar-refractivity contribution in [3.8, 4) is 0 Å². The van der Waals surface area contributed by atoms with Crippen LogP contribution in [0.1, 0.15) is 38.5 Å². The average Bonchev–Trinajstić information content (AvgIpc) is 2.86. The second-order valence-electron chi connectivity index (χ2n) is 4.47. The summed E-state index contributed by atoms with van der Waals surface area (Å²) in [6.45, 7) is 2.36. The number of nitrogens with one attached hydrogen (secondary N) is 1. The zero-order valence-corrected chi connectivity index (χ0v) is 10.3. The molecule has 2 nitrogen and oxygen atoms in total. The van der Waals surface area contributed by atoms with Crippen LogP contribution < -0.4 is 17.3 Å². The van der Waals surface area contributed by atoms with Gasteiger partial charge in [0.15, 0.2) is 0 Å². The lowest BCUT2D eigenvalue weighted by Crippen LogP contribution is -3.05. The van der Waals surface area contributed by atoms with Gasteiger partial charge in [0, 0.05) is 0 Å². The van der Waals surface area contributed by atoms with Gasteiger partial charge in [-0.2, -0.15) is 0 Å². The van der Waals surface area contributed by atoms with Gasteiger partial charge in [-0.1, -0.05) is 19.3 Å². The van der Waals surface area contributed by atoms with Crippen LogP contribution in [0.5, 0.6) is 0 Å². The van der Waals surface area contributed by atoms with Gasteiger partial charge in [-0.15, -0.1) is 0 Å². The molecule has 0 aromatic rings. The molecule has 0 aliphatic carbocycles. The third kappa shape index (κ3) is 8.79. The normalized spacial score (nSPS) is 19.5. The van der Waals surface area contributed by atoms with E-state index in [4.69, 9.17) is 4.74 Å². The maximum absolute atomic E-state index is 5.16. The van der Waals surface area contributed by atoms with Crippen molar-refractivity contribution in [1.29, 1.82) is 0 Å². The number of epoxide rings is 1. The minimum Gasteiger partial charge on any atom is -1.00 e. The first-order valence-corrected chi connectivity index (χ1v) is 5.69. The summed E-state index contributed by atoms with van der Waals surface area (Å²) in [5, 5.41) is 0. The summed E-state index contributed by atoms with van der Waals surface area (Å²) in [5.74, 6) is 0. The smallest absolute Gasteiger partial charge is 0.0810 e. The van der Waals surface area contributed by atoms with E-state index in [1.165, 1.54) is 45.1 Å². The molecule has 1 aliphatic rings. The molecule has 0 aromatic heterocycles. The number of hydrogen-bond donors (Lipinski definition) is 1. The van der Waals surface area contributed by atoms with Crippen LogP contribution in [0.2, 0.25) is 0 Å². The quantitative estimate of drug-likeness (QED) is 0.366. The highest BCUT2D eigenvalue weighted by atomic mass is 35.5. The molecule has 1 unspecified atom stereocenters. The summed E-state index contributed by atoms with van der Waals surface area (Å²) in [6.07, 6.45) is 8.95. The van der Waals surface area contributed by atoms with Crippen LogP contribution in [-0.2, 0) is 4.74 Å². The van der Waals surface area contributed by atoms with Crippen LogP contribution in [0, 0.1) is 0 Å². The summed E-state index contributed by atoms with van der Waals surface area (Å²) >= 11 is 0. The van der Waals surface area contributed by atoms with Crippen molar-refractivity contribution in [3.05, 3.63) is 0 Å². The van der Waals surface area contributed by atoms with E-state index in [1.54, 1.807) is 4.90 Å². The Morgan fingerprint density at radius 3 is 2.21 bits per heavy atom. The van der Waals surface area contributed by atoms with E-state index < -0.39 is 0 Å². The number of unbranched alkanes of at least 4 members (excludes halogenated alkanes) is 4. The summed E-state index contributed by atoms with van der Waals surface area (Å²) in [5.41, 5.74) is 0. The van der Waals surface area contributed by atoms with Crippen molar-refractivity contribution in [3.63, 3.8) is 0 Å². The van der Waals surface area contributed by atoms with Crippen molar-refractivity contribution >= 4 is 0 Å². The molecule has 1 atom stereocenters. The van der Waals surface area contributed by atoms with Crippen molar-refractivity contribution in [1.82, 2.24) is 0 Å². The Hall–Kier alpha value is 0.210. The van der Waals surface area contributed by atoms with Gasteiger partial charge in [-0.05, 0) is 19.3 Å². The van der Waals surface area contributed by atoms with Gasteiger partial charge >= 0.3 is 0 Å². The molecule has 0 bridgehead atoms. The fraction of sp³-hybridized carbons (Fsp3) is 1.00. The van der Waals surface area contributed by atoms with Crippen molar-refractivity contribution in [2.75, 3.05) is 27.2 Å². The minimum absolute atomic E-state index is 0.